The van der Waals surface area contributed by atoms with Crippen molar-refractivity contribution in [2.45, 2.75) is 37.9 Å². The van der Waals surface area contributed by atoms with Crippen LogP contribution < -0.4 is 21.7 Å². The zero-order chi connectivity index (χ0) is 19.6. The number of nitrogens with two attached hydrogens (primary N) is 1. The van der Waals surface area contributed by atoms with Crippen LogP contribution in [0.2, 0.25) is 0 Å². The molecule has 0 aromatic heterocycles. The Morgan fingerprint density at radius 2 is 1.60 bits per heavy atom. The van der Waals surface area contributed by atoms with Gasteiger partial charge in [0, 0.05) is 12.2 Å². The van der Waals surface area contributed by atoms with Crippen LogP contribution in [0, 0.1) is 0 Å². The Bertz CT molecular complexity index is 529. The first-order valence-corrected chi connectivity index (χ1v) is 7.91. The lowest BCUT2D eigenvalue weighted by Crippen LogP contribution is -2.55. The molecule has 0 spiro atoms. The number of aliphatic carboxylic acids is 2. The molecule has 0 bridgehead atoms. The minimum Gasteiger partial charge on any atom is -0.481 e. The topological polar surface area (TPSA) is 188 Å². The van der Waals surface area contributed by atoms with Crippen molar-refractivity contribution in [2.75, 3.05) is 12.3 Å². The molecule has 12 heteroatoms. The first-order chi connectivity index (χ1) is 11.6. The molecule has 25 heavy (non-hydrogen) atoms. The molecule has 0 aromatic rings. The highest BCUT2D eigenvalue weighted by Crippen LogP contribution is 2.00. The highest BCUT2D eigenvalue weighted by Gasteiger charge is 2.26. The fourth-order valence-corrected chi connectivity index (χ4v) is 1.90. The van der Waals surface area contributed by atoms with E-state index in [9.17, 15) is 24.0 Å². The molecule has 0 saturated carbocycles. The number of nitrogens with one attached hydrogen (secondary N) is 3. The Kier molecular flexibility index (Phi) is 10.2. The molecule has 0 heterocycles. The number of amides is 3. The van der Waals surface area contributed by atoms with Crippen molar-refractivity contribution in [1.82, 2.24) is 16.0 Å². The van der Waals surface area contributed by atoms with E-state index < -0.39 is 54.3 Å². The van der Waals surface area contributed by atoms with Crippen LogP contribution in [0.4, 0.5) is 0 Å². The standard InChI is InChI=1S/C13H22N4O7S/c1-6(11(21)17-8(5-25)13(23)24)15-12(22)7(2-3-10(19)20)16-9(18)4-14/h6-8,25H,2-5,14H2,1H3,(H,15,22)(H,16,18)(H,17,21)(H,19,20)(H,23,24). The zero-order valence-electron chi connectivity index (χ0n) is 13.5. The van der Waals surface area contributed by atoms with Gasteiger partial charge in [0.15, 0.2) is 0 Å². The molecule has 0 aliphatic carbocycles. The SMILES string of the molecule is CC(NC(=O)C(CCC(=O)O)NC(=O)CN)C(=O)NC(CS)C(=O)O. The van der Waals surface area contributed by atoms with Crippen molar-refractivity contribution in [3.63, 3.8) is 0 Å². The first-order valence-electron chi connectivity index (χ1n) is 7.28. The largest absolute Gasteiger partial charge is 0.481 e. The van der Waals surface area contributed by atoms with Gasteiger partial charge >= 0.3 is 11.9 Å². The number of carboxylic acid groups (broad SMARTS) is 2. The Hall–Kier alpha value is -2.34. The maximum atomic E-state index is 12.1. The number of thiol groups is 1. The van der Waals surface area contributed by atoms with Gasteiger partial charge in [0.2, 0.25) is 17.7 Å². The fraction of sp³-hybridized carbons (Fsp3) is 0.615. The predicted octanol–water partition coefficient (Wildman–Crippen LogP) is -2.70. The maximum Gasteiger partial charge on any atom is 0.327 e. The Balaban J connectivity index is 4.83. The lowest BCUT2D eigenvalue weighted by molar-refractivity contribution is -0.141. The molecule has 3 amide bonds. The summed E-state index contributed by atoms with van der Waals surface area (Å²) in [7, 11) is 0. The Morgan fingerprint density at radius 1 is 1.00 bits per heavy atom. The lowest BCUT2D eigenvalue weighted by Gasteiger charge is -2.21. The van der Waals surface area contributed by atoms with Crippen molar-refractivity contribution >= 4 is 42.3 Å². The summed E-state index contributed by atoms with van der Waals surface area (Å²) in [6.07, 6.45) is -0.583. The second-order valence-electron chi connectivity index (χ2n) is 5.07. The number of hydrogen-bond donors (Lipinski definition) is 7. The van der Waals surface area contributed by atoms with Gasteiger partial charge < -0.3 is 31.9 Å². The van der Waals surface area contributed by atoms with Crippen LogP contribution in [0.25, 0.3) is 0 Å². The van der Waals surface area contributed by atoms with Crippen LogP contribution in [0.5, 0.6) is 0 Å². The summed E-state index contributed by atoms with van der Waals surface area (Å²) in [6.45, 7) is 0.915. The van der Waals surface area contributed by atoms with E-state index in [0.717, 1.165) is 0 Å². The smallest absolute Gasteiger partial charge is 0.327 e. The summed E-state index contributed by atoms with van der Waals surface area (Å²) < 4.78 is 0. The molecule has 7 N–H and O–H groups in total. The highest BCUT2D eigenvalue weighted by atomic mass is 32.1. The molecule has 0 fully saturated rings. The van der Waals surface area contributed by atoms with Gasteiger partial charge in [-0.2, -0.15) is 12.6 Å². The predicted molar refractivity (Wildman–Crippen MR) is 88.9 cm³/mol. The average Bonchev–Trinajstić information content (AvgIpc) is 2.54. The van der Waals surface area contributed by atoms with Crippen molar-refractivity contribution in [3.8, 4) is 0 Å². The fourth-order valence-electron chi connectivity index (χ4n) is 1.65. The van der Waals surface area contributed by atoms with E-state index in [0.29, 0.717) is 0 Å². The Labute approximate surface area is 149 Å². The van der Waals surface area contributed by atoms with Gasteiger partial charge in [-0.25, -0.2) is 4.79 Å². The monoisotopic (exact) mass is 378 g/mol. The van der Waals surface area contributed by atoms with E-state index in [-0.39, 0.29) is 18.6 Å². The van der Waals surface area contributed by atoms with Crippen LogP contribution in [0.3, 0.4) is 0 Å². The summed E-state index contributed by atoms with van der Waals surface area (Å²) in [6, 6.07) is -3.53. The van der Waals surface area contributed by atoms with Gasteiger partial charge in [0.1, 0.15) is 18.1 Å². The van der Waals surface area contributed by atoms with Crippen molar-refractivity contribution < 1.29 is 34.2 Å². The van der Waals surface area contributed by atoms with Gasteiger partial charge in [-0.05, 0) is 13.3 Å². The minimum absolute atomic E-state index is 0.143. The zero-order valence-corrected chi connectivity index (χ0v) is 14.4. The first kappa shape index (κ1) is 22.7. The van der Waals surface area contributed by atoms with Gasteiger partial charge in [-0.1, -0.05) is 0 Å². The highest BCUT2D eigenvalue weighted by molar-refractivity contribution is 7.80. The van der Waals surface area contributed by atoms with Gasteiger partial charge in [0.05, 0.1) is 6.54 Å². The molecule has 0 saturated heterocycles. The summed E-state index contributed by atoms with van der Waals surface area (Å²) in [5.74, 6) is -4.81. The number of carboxylic acids is 2. The minimum atomic E-state index is -1.28. The number of carbonyl (C=O) groups excluding carboxylic acids is 3. The van der Waals surface area contributed by atoms with Crippen LogP contribution in [-0.4, -0.2) is 70.3 Å². The Morgan fingerprint density at radius 3 is 2.04 bits per heavy atom. The van der Waals surface area contributed by atoms with Crippen molar-refractivity contribution in [3.05, 3.63) is 0 Å². The molecule has 0 aliphatic rings. The van der Waals surface area contributed by atoms with E-state index in [1.165, 1.54) is 6.92 Å². The average molecular weight is 378 g/mol. The van der Waals surface area contributed by atoms with E-state index >= 15 is 0 Å². The van der Waals surface area contributed by atoms with E-state index in [1.807, 2.05) is 0 Å². The molecule has 11 nitrogen and oxygen atoms in total. The van der Waals surface area contributed by atoms with Gasteiger partial charge in [-0.15, -0.1) is 0 Å². The van der Waals surface area contributed by atoms with Crippen LogP contribution in [0.15, 0.2) is 0 Å². The molecule has 0 aromatic carbocycles. The summed E-state index contributed by atoms with van der Waals surface area (Å²) in [5, 5.41) is 24.3. The van der Waals surface area contributed by atoms with Gasteiger partial charge in [0.25, 0.3) is 0 Å². The number of rotatable bonds is 11. The second kappa shape index (κ2) is 11.3. The molecular weight excluding hydrogens is 356 g/mol. The van der Waals surface area contributed by atoms with Crippen LogP contribution >= 0.6 is 12.6 Å². The quantitative estimate of drug-likeness (QED) is 0.189. The second-order valence-corrected chi connectivity index (χ2v) is 5.43. The molecule has 0 radical (unpaired) electrons. The number of hydrogen-bond acceptors (Lipinski definition) is 7. The van der Waals surface area contributed by atoms with E-state index in [2.05, 4.69) is 28.6 Å². The molecule has 3 unspecified atom stereocenters. The van der Waals surface area contributed by atoms with E-state index in [4.69, 9.17) is 15.9 Å². The molecular formula is C13H22N4O7S. The summed E-state index contributed by atoms with van der Waals surface area (Å²) in [4.78, 5) is 56.9. The molecule has 0 rings (SSSR count). The van der Waals surface area contributed by atoms with Gasteiger partial charge in [-0.3, -0.25) is 19.2 Å². The molecule has 142 valence electrons. The third kappa shape index (κ3) is 8.91. The summed E-state index contributed by atoms with van der Waals surface area (Å²) in [5.41, 5.74) is 5.14. The normalized spacial score (nSPS) is 13.9. The molecule has 3 atom stereocenters. The van der Waals surface area contributed by atoms with Crippen molar-refractivity contribution in [1.29, 1.82) is 0 Å². The third-order valence-electron chi connectivity index (χ3n) is 3.03. The molecule has 0 aliphatic heterocycles. The maximum absolute atomic E-state index is 12.1. The summed E-state index contributed by atoms with van der Waals surface area (Å²) >= 11 is 3.80. The van der Waals surface area contributed by atoms with Crippen LogP contribution in [0.1, 0.15) is 19.8 Å². The number of carbonyl (C=O) groups is 5. The van der Waals surface area contributed by atoms with Crippen molar-refractivity contribution in [2.24, 2.45) is 5.73 Å². The lowest BCUT2D eigenvalue weighted by atomic mass is 10.1. The third-order valence-corrected chi connectivity index (χ3v) is 3.40. The van der Waals surface area contributed by atoms with E-state index in [1.54, 1.807) is 0 Å². The van der Waals surface area contributed by atoms with Crippen LogP contribution in [-0.2, 0) is 24.0 Å².